The summed E-state index contributed by atoms with van der Waals surface area (Å²) >= 11 is 5.71. The highest BCUT2D eigenvalue weighted by Crippen LogP contribution is 2.24. The molecule has 0 atom stereocenters. The van der Waals surface area contributed by atoms with Crippen LogP contribution in [0.5, 0.6) is 0 Å². The third-order valence-corrected chi connectivity index (χ3v) is 2.93. The van der Waals surface area contributed by atoms with Crippen LogP contribution in [0.2, 0.25) is 5.02 Å². The number of carbonyl (C=O) groups is 1. The van der Waals surface area contributed by atoms with Gasteiger partial charge in [0.1, 0.15) is 5.02 Å². The summed E-state index contributed by atoms with van der Waals surface area (Å²) in [7, 11) is 0. The highest BCUT2D eigenvalue weighted by Gasteiger charge is 2.11. The van der Waals surface area contributed by atoms with Gasteiger partial charge in [0.15, 0.2) is 0 Å². The van der Waals surface area contributed by atoms with Crippen LogP contribution < -0.4 is 5.11 Å². The number of nitrogens with zero attached hydrogens (tertiary/aromatic N) is 2. The number of rotatable bonds is 4. The standard InChI is InChI=1S/C14H9ClN2O4/c15-12-5-4-9(6-13(12)17(20)21)8-16-11-3-1-2-10(7-11)14(18)19/h1-8H,(H,18,19)/p-1. The summed E-state index contributed by atoms with van der Waals surface area (Å²) in [6.07, 6.45) is 1.39. The molecule has 0 aromatic heterocycles. The zero-order valence-corrected chi connectivity index (χ0v) is 11.3. The van der Waals surface area contributed by atoms with E-state index in [4.69, 9.17) is 11.6 Å². The average Bonchev–Trinajstić information content (AvgIpc) is 2.46. The van der Waals surface area contributed by atoms with Crippen molar-refractivity contribution < 1.29 is 14.8 Å². The zero-order valence-electron chi connectivity index (χ0n) is 10.5. The van der Waals surface area contributed by atoms with Crippen molar-refractivity contribution in [3.8, 4) is 0 Å². The fraction of sp³-hybridized carbons (Fsp3) is 0. The minimum atomic E-state index is -1.30. The molecule has 0 saturated heterocycles. The van der Waals surface area contributed by atoms with Crippen LogP contribution in [0.25, 0.3) is 0 Å². The Balaban J connectivity index is 2.29. The number of carboxylic acids is 1. The van der Waals surface area contributed by atoms with Gasteiger partial charge < -0.3 is 9.90 Å². The van der Waals surface area contributed by atoms with Crippen molar-refractivity contribution in [2.75, 3.05) is 0 Å². The van der Waals surface area contributed by atoms with Crippen molar-refractivity contribution in [3.63, 3.8) is 0 Å². The fourth-order valence-electron chi connectivity index (χ4n) is 1.61. The van der Waals surface area contributed by atoms with E-state index in [-0.39, 0.29) is 16.3 Å². The van der Waals surface area contributed by atoms with E-state index in [9.17, 15) is 20.0 Å². The van der Waals surface area contributed by atoms with Gasteiger partial charge in [0.25, 0.3) is 5.69 Å². The summed E-state index contributed by atoms with van der Waals surface area (Å²) in [6.45, 7) is 0. The number of aromatic carboxylic acids is 1. The first-order valence-corrected chi connectivity index (χ1v) is 6.14. The minimum absolute atomic E-state index is 0.00624. The molecule has 21 heavy (non-hydrogen) atoms. The van der Waals surface area contributed by atoms with Gasteiger partial charge in [-0.2, -0.15) is 0 Å². The number of benzene rings is 2. The van der Waals surface area contributed by atoms with Gasteiger partial charge in [0, 0.05) is 12.3 Å². The molecule has 0 amide bonds. The van der Waals surface area contributed by atoms with Crippen LogP contribution in [0.3, 0.4) is 0 Å². The van der Waals surface area contributed by atoms with Gasteiger partial charge in [-0.05, 0) is 29.3 Å². The number of aliphatic imine (C=N–C) groups is 1. The maximum atomic E-state index is 10.8. The summed E-state index contributed by atoms with van der Waals surface area (Å²) in [5, 5.41) is 21.5. The topological polar surface area (TPSA) is 95.6 Å². The summed E-state index contributed by atoms with van der Waals surface area (Å²) in [5.74, 6) is -1.30. The molecule has 0 unspecified atom stereocenters. The first kappa shape index (κ1) is 14.7. The Morgan fingerprint density at radius 2 is 2.00 bits per heavy atom. The second-order valence-electron chi connectivity index (χ2n) is 4.06. The van der Waals surface area contributed by atoms with Crippen molar-refractivity contribution in [2.45, 2.75) is 0 Å². The van der Waals surface area contributed by atoms with Crippen LogP contribution in [0.4, 0.5) is 11.4 Å². The molecule has 0 aliphatic carbocycles. The number of halogens is 1. The first-order chi connectivity index (χ1) is 9.97. The van der Waals surface area contributed by atoms with E-state index in [0.717, 1.165) is 0 Å². The van der Waals surface area contributed by atoms with Crippen molar-refractivity contribution in [1.82, 2.24) is 0 Å². The number of nitro groups is 1. The van der Waals surface area contributed by atoms with Crippen LogP contribution in [0.15, 0.2) is 47.5 Å². The second kappa shape index (κ2) is 6.15. The molecule has 2 aromatic carbocycles. The Bertz CT molecular complexity index is 744. The molecular formula is C14H8ClN2O4-. The third kappa shape index (κ3) is 3.64. The molecule has 0 fully saturated rings. The van der Waals surface area contributed by atoms with Crippen LogP contribution in [-0.2, 0) is 0 Å². The Morgan fingerprint density at radius 3 is 2.67 bits per heavy atom. The van der Waals surface area contributed by atoms with Gasteiger partial charge in [0.2, 0.25) is 0 Å². The number of carbonyl (C=O) groups excluding carboxylic acids is 1. The maximum Gasteiger partial charge on any atom is 0.288 e. The quantitative estimate of drug-likeness (QED) is 0.492. The van der Waals surface area contributed by atoms with Gasteiger partial charge in [-0.1, -0.05) is 29.8 Å². The summed E-state index contributed by atoms with van der Waals surface area (Å²) in [4.78, 5) is 25.0. The molecule has 0 heterocycles. The van der Waals surface area contributed by atoms with Gasteiger partial charge in [-0.3, -0.25) is 15.1 Å². The SMILES string of the molecule is O=C([O-])c1cccc(N=Cc2ccc(Cl)c([N+](=O)[O-])c2)c1. The number of hydrogen-bond donors (Lipinski definition) is 0. The van der Waals surface area contributed by atoms with Gasteiger partial charge in [0.05, 0.1) is 16.6 Å². The zero-order chi connectivity index (χ0) is 15.4. The van der Waals surface area contributed by atoms with E-state index in [2.05, 4.69) is 4.99 Å². The lowest BCUT2D eigenvalue weighted by molar-refractivity contribution is -0.384. The molecule has 2 aromatic rings. The monoisotopic (exact) mass is 303 g/mol. The van der Waals surface area contributed by atoms with E-state index in [1.165, 1.54) is 36.5 Å². The number of nitro benzene ring substituents is 1. The molecule has 2 rings (SSSR count). The minimum Gasteiger partial charge on any atom is -0.545 e. The first-order valence-electron chi connectivity index (χ1n) is 5.77. The van der Waals surface area contributed by atoms with Crippen LogP contribution in [-0.4, -0.2) is 17.1 Å². The van der Waals surface area contributed by atoms with E-state index in [1.807, 2.05) is 0 Å². The number of hydrogen-bond acceptors (Lipinski definition) is 5. The van der Waals surface area contributed by atoms with Crippen molar-refractivity contribution in [2.24, 2.45) is 4.99 Å². The lowest BCUT2D eigenvalue weighted by atomic mass is 10.2. The van der Waals surface area contributed by atoms with Crippen LogP contribution in [0.1, 0.15) is 15.9 Å². The lowest BCUT2D eigenvalue weighted by Gasteiger charge is -2.02. The van der Waals surface area contributed by atoms with Crippen LogP contribution in [0, 0.1) is 10.1 Å². The van der Waals surface area contributed by atoms with Gasteiger partial charge >= 0.3 is 0 Å². The maximum absolute atomic E-state index is 10.8. The fourth-order valence-corrected chi connectivity index (χ4v) is 1.80. The lowest BCUT2D eigenvalue weighted by Crippen LogP contribution is -2.21. The molecule has 7 heteroatoms. The highest BCUT2D eigenvalue weighted by molar-refractivity contribution is 6.32. The van der Waals surface area contributed by atoms with E-state index < -0.39 is 10.9 Å². The van der Waals surface area contributed by atoms with Crippen molar-refractivity contribution >= 4 is 35.2 Å². The Labute approximate surface area is 124 Å². The van der Waals surface area contributed by atoms with Gasteiger partial charge in [-0.25, -0.2) is 0 Å². The molecule has 0 aliphatic heterocycles. The molecule has 0 spiro atoms. The van der Waals surface area contributed by atoms with Gasteiger partial charge in [-0.15, -0.1) is 0 Å². The number of carboxylic acid groups (broad SMARTS) is 1. The largest absolute Gasteiger partial charge is 0.545 e. The predicted octanol–water partition coefficient (Wildman–Crippen LogP) is 2.36. The summed E-state index contributed by atoms with van der Waals surface area (Å²) < 4.78 is 0. The molecule has 0 N–H and O–H groups in total. The molecule has 0 aliphatic rings. The molecule has 106 valence electrons. The molecule has 0 radical (unpaired) electrons. The van der Waals surface area contributed by atoms with Crippen LogP contribution >= 0.6 is 11.6 Å². The second-order valence-corrected chi connectivity index (χ2v) is 4.47. The normalized spacial score (nSPS) is 10.7. The van der Waals surface area contributed by atoms with E-state index in [0.29, 0.717) is 11.3 Å². The summed E-state index contributed by atoms with van der Waals surface area (Å²) in [5.41, 5.74) is 0.662. The Kier molecular flexibility index (Phi) is 4.30. The Hall–Kier alpha value is -2.73. The smallest absolute Gasteiger partial charge is 0.288 e. The molecular weight excluding hydrogens is 296 g/mol. The molecule has 0 bridgehead atoms. The van der Waals surface area contributed by atoms with Crippen molar-refractivity contribution in [1.29, 1.82) is 0 Å². The van der Waals surface area contributed by atoms with E-state index in [1.54, 1.807) is 12.1 Å². The highest BCUT2D eigenvalue weighted by atomic mass is 35.5. The Morgan fingerprint density at radius 1 is 1.24 bits per heavy atom. The summed E-state index contributed by atoms with van der Waals surface area (Å²) in [6, 6.07) is 10.1. The molecule has 6 nitrogen and oxygen atoms in total. The van der Waals surface area contributed by atoms with Crippen molar-refractivity contribution in [3.05, 3.63) is 68.7 Å². The third-order valence-electron chi connectivity index (χ3n) is 2.61. The van der Waals surface area contributed by atoms with E-state index >= 15 is 0 Å². The molecule has 0 saturated carbocycles. The average molecular weight is 304 g/mol. The predicted molar refractivity (Wildman–Crippen MR) is 76.1 cm³/mol.